The summed E-state index contributed by atoms with van der Waals surface area (Å²) in [7, 11) is -2.06. The molecule has 3 atom stereocenters. The predicted molar refractivity (Wildman–Crippen MR) is 111 cm³/mol. The number of ether oxygens (including phenoxy) is 1. The number of pyridine rings is 1. The molecule has 7 nitrogen and oxygen atoms in total. The van der Waals surface area contributed by atoms with Gasteiger partial charge in [0.15, 0.2) is 11.6 Å². The van der Waals surface area contributed by atoms with Crippen LogP contribution < -0.4 is 15.0 Å². The summed E-state index contributed by atoms with van der Waals surface area (Å²) in [6.07, 6.45) is -0.597. The number of anilines is 2. The van der Waals surface area contributed by atoms with Crippen molar-refractivity contribution in [3.8, 4) is 5.75 Å². The predicted octanol–water partition coefficient (Wildman–Crippen LogP) is 3.89. The van der Waals surface area contributed by atoms with E-state index >= 15 is 0 Å². The van der Waals surface area contributed by atoms with Gasteiger partial charge in [0.2, 0.25) is 18.1 Å². The van der Waals surface area contributed by atoms with Gasteiger partial charge >= 0.3 is 0 Å². The van der Waals surface area contributed by atoms with Crippen LogP contribution in [0.15, 0.2) is 35.5 Å². The van der Waals surface area contributed by atoms with Crippen molar-refractivity contribution in [2.45, 2.75) is 30.8 Å². The van der Waals surface area contributed by atoms with Gasteiger partial charge < -0.3 is 15.0 Å². The highest BCUT2D eigenvalue weighted by atomic mass is 32.2. The van der Waals surface area contributed by atoms with Gasteiger partial charge in [0.25, 0.3) is 0 Å². The van der Waals surface area contributed by atoms with E-state index in [4.69, 9.17) is 9.52 Å². The van der Waals surface area contributed by atoms with E-state index in [1.165, 1.54) is 36.2 Å². The fourth-order valence-corrected chi connectivity index (χ4v) is 4.38. The third-order valence-corrected chi connectivity index (χ3v) is 6.54. The Kier molecular flexibility index (Phi) is 6.36. The molecule has 0 radical (unpaired) electrons. The average Bonchev–Trinajstić information content (AvgIpc) is 3.08. The van der Waals surface area contributed by atoms with Crippen LogP contribution in [-0.2, 0) is 14.5 Å². The number of carbonyl (C=O) groups is 1. The zero-order valence-electron chi connectivity index (χ0n) is 17.5. The summed E-state index contributed by atoms with van der Waals surface area (Å²) in [5.74, 6) is -3.79. The van der Waals surface area contributed by atoms with Crippen molar-refractivity contribution in [1.82, 2.24) is 4.98 Å². The molecule has 0 spiro atoms. The number of hydrogen-bond acceptors (Lipinski definition) is 6. The summed E-state index contributed by atoms with van der Waals surface area (Å²) in [6, 6.07) is 3.14. The van der Waals surface area contributed by atoms with Crippen LogP contribution in [0.5, 0.6) is 5.75 Å². The van der Waals surface area contributed by atoms with Gasteiger partial charge in [-0.2, -0.15) is 4.39 Å². The molecule has 2 heterocycles. The lowest BCUT2D eigenvalue weighted by Gasteiger charge is -2.35. The molecule has 1 aliphatic heterocycles. The maximum absolute atomic E-state index is 14.3. The highest BCUT2D eigenvalue weighted by Gasteiger charge is 2.54. The first-order valence-corrected chi connectivity index (χ1v) is 11.4. The van der Waals surface area contributed by atoms with E-state index in [-0.39, 0.29) is 29.4 Å². The molecule has 1 aromatic heterocycles. The van der Waals surface area contributed by atoms with E-state index in [1.807, 2.05) is 0 Å². The summed E-state index contributed by atoms with van der Waals surface area (Å²) in [5.41, 5.74) is -1.72. The van der Waals surface area contributed by atoms with Gasteiger partial charge in [-0.05, 0) is 30.7 Å². The summed E-state index contributed by atoms with van der Waals surface area (Å²) in [5, 5.41) is 2.41. The monoisotopic (exact) mass is 474 g/mol. The molecule has 174 valence electrons. The molecular weight excluding hydrogens is 452 g/mol. The Morgan fingerprint density at radius 3 is 2.66 bits per heavy atom. The molecule has 32 heavy (non-hydrogen) atoms. The van der Waals surface area contributed by atoms with Crippen molar-refractivity contribution in [3.05, 3.63) is 42.1 Å². The third-order valence-electron chi connectivity index (χ3n) is 5.52. The number of nitrogens with zero attached hydrogens (tertiary/aromatic N) is 2. The van der Waals surface area contributed by atoms with Gasteiger partial charge in [-0.3, -0.25) is 4.79 Å². The minimum absolute atomic E-state index is 0.0303. The van der Waals surface area contributed by atoms with Crippen molar-refractivity contribution in [2.75, 3.05) is 30.1 Å². The third kappa shape index (κ3) is 4.23. The number of nitrogens with one attached hydrogen (secondary N) is 2. The lowest BCUT2D eigenvalue weighted by molar-refractivity contribution is -0.122. The Labute approximate surface area is 182 Å². The SMILES string of the molecule is COc1c(N2CCC(C)(C(F)F)[C@H]2C(=O)Nc2ccnc([S@](C)(=N)=O)c2)ccc(F)c1F. The second-order valence-corrected chi connectivity index (χ2v) is 9.89. The first kappa shape index (κ1) is 23.8. The molecule has 2 aromatic rings. The number of methoxy groups -OCH3 is 1. The second-order valence-electron chi connectivity index (χ2n) is 7.78. The van der Waals surface area contributed by atoms with Gasteiger partial charge in [-0.25, -0.2) is 27.1 Å². The summed E-state index contributed by atoms with van der Waals surface area (Å²) >= 11 is 0. The molecule has 0 saturated carbocycles. The molecule has 1 saturated heterocycles. The lowest BCUT2D eigenvalue weighted by atomic mass is 9.82. The Morgan fingerprint density at radius 2 is 2.06 bits per heavy atom. The molecule has 1 aromatic carbocycles. The molecule has 1 fully saturated rings. The van der Waals surface area contributed by atoms with Crippen molar-refractivity contribution >= 4 is 27.0 Å². The number of halogens is 4. The molecule has 1 unspecified atom stereocenters. The van der Waals surface area contributed by atoms with Gasteiger partial charge in [-0.1, -0.05) is 6.92 Å². The maximum Gasteiger partial charge on any atom is 0.247 e. The number of amides is 1. The standard InChI is InChI=1S/C20H22F4N4O3S/c1-20(19(23)24)7-9-28(13-5-4-12(21)15(22)16(13)31-2)17(20)18(29)27-11-6-8-26-14(10-11)32(3,25)30/h4-6,8,10,17,19,25H,7,9H2,1-3H3,(H,26,27,29)/t17-,20?,32-/m1/s1. The lowest BCUT2D eigenvalue weighted by Crippen LogP contribution is -2.50. The molecule has 1 amide bonds. The highest BCUT2D eigenvalue weighted by molar-refractivity contribution is 7.91. The first-order chi connectivity index (χ1) is 14.9. The molecule has 12 heteroatoms. The van der Waals surface area contributed by atoms with E-state index in [9.17, 15) is 26.6 Å². The number of aromatic nitrogens is 1. The summed E-state index contributed by atoms with van der Waals surface area (Å²) in [4.78, 5) is 18.3. The Morgan fingerprint density at radius 1 is 1.38 bits per heavy atom. The van der Waals surface area contributed by atoms with Gasteiger partial charge in [-0.15, -0.1) is 0 Å². The zero-order valence-corrected chi connectivity index (χ0v) is 18.3. The molecule has 3 rings (SSSR count). The van der Waals surface area contributed by atoms with Crippen molar-refractivity contribution in [1.29, 1.82) is 4.78 Å². The molecule has 0 aliphatic carbocycles. The van der Waals surface area contributed by atoms with E-state index in [2.05, 4.69) is 10.3 Å². The fourth-order valence-electron chi connectivity index (χ4n) is 3.77. The minimum atomic E-state index is -3.17. The molecule has 0 bridgehead atoms. The summed E-state index contributed by atoms with van der Waals surface area (Å²) < 4.78 is 80.6. The van der Waals surface area contributed by atoms with Crippen LogP contribution in [0, 0.1) is 21.8 Å². The van der Waals surface area contributed by atoms with Crippen LogP contribution in [0.25, 0.3) is 0 Å². The van der Waals surface area contributed by atoms with Crippen LogP contribution in [0.2, 0.25) is 0 Å². The number of carbonyl (C=O) groups excluding carboxylic acids is 1. The van der Waals surface area contributed by atoms with E-state index in [0.29, 0.717) is 0 Å². The van der Waals surface area contributed by atoms with Crippen LogP contribution in [0.4, 0.5) is 28.9 Å². The zero-order chi connectivity index (χ0) is 23.8. The fraction of sp³-hybridized carbons (Fsp3) is 0.400. The van der Waals surface area contributed by atoms with Gasteiger partial charge in [0.05, 0.1) is 27.9 Å². The van der Waals surface area contributed by atoms with Gasteiger partial charge in [0, 0.05) is 24.7 Å². The summed E-state index contributed by atoms with van der Waals surface area (Å²) in [6.45, 7) is 1.21. The second kappa shape index (κ2) is 8.57. The minimum Gasteiger partial charge on any atom is -0.491 e. The molecule has 2 N–H and O–H groups in total. The van der Waals surface area contributed by atoms with Gasteiger partial charge in [0.1, 0.15) is 11.1 Å². The topological polar surface area (TPSA) is 95.4 Å². The van der Waals surface area contributed by atoms with E-state index < -0.39 is 50.9 Å². The van der Waals surface area contributed by atoms with E-state index in [1.54, 1.807) is 0 Å². The quantitative estimate of drug-likeness (QED) is 0.620. The van der Waals surface area contributed by atoms with Crippen LogP contribution in [-0.4, -0.2) is 47.5 Å². The molecular formula is C20H22F4N4O3S. The van der Waals surface area contributed by atoms with Crippen molar-refractivity contribution in [2.24, 2.45) is 5.41 Å². The maximum atomic E-state index is 14.3. The average molecular weight is 474 g/mol. The van der Waals surface area contributed by atoms with Crippen LogP contribution in [0.3, 0.4) is 0 Å². The highest BCUT2D eigenvalue weighted by Crippen LogP contribution is 2.47. The normalized spacial score (nSPS) is 22.6. The Bertz CT molecular complexity index is 1150. The Hall–Kier alpha value is -2.89. The van der Waals surface area contributed by atoms with Crippen LogP contribution in [0.1, 0.15) is 13.3 Å². The molecule has 1 aliphatic rings. The number of alkyl halides is 2. The largest absolute Gasteiger partial charge is 0.491 e. The van der Waals surface area contributed by atoms with Crippen LogP contribution >= 0.6 is 0 Å². The number of benzene rings is 1. The first-order valence-electron chi connectivity index (χ1n) is 9.47. The van der Waals surface area contributed by atoms with Crippen molar-refractivity contribution in [3.63, 3.8) is 0 Å². The van der Waals surface area contributed by atoms with E-state index in [0.717, 1.165) is 19.4 Å². The number of rotatable bonds is 6. The number of hydrogen-bond donors (Lipinski definition) is 2. The Balaban J connectivity index is 2.04. The van der Waals surface area contributed by atoms with Crippen molar-refractivity contribution < 1.29 is 31.3 Å². The smallest absolute Gasteiger partial charge is 0.247 e.